The zero-order valence-corrected chi connectivity index (χ0v) is 16.9. The van der Waals surface area contributed by atoms with Gasteiger partial charge in [0.2, 0.25) is 11.8 Å². The fourth-order valence-electron chi connectivity index (χ4n) is 3.72. The number of rotatable bonds is 5. The highest BCUT2D eigenvalue weighted by molar-refractivity contribution is 6.31. The molecule has 0 radical (unpaired) electrons. The summed E-state index contributed by atoms with van der Waals surface area (Å²) in [5.41, 5.74) is 5.05. The second-order valence-electron chi connectivity index (χ2n) is 7.49. The number of halogens is 1. The van der Waals surface area contributed by atoms with Crippen molar-refractivity contribution in [2.75, 3.05) is 18.9 Å². The van der Waals surface area contributed by atoms with Crippen molar-refractivity contribution in [3.63, 3.8) is 0 Å². The molecule has 0 bridgehead atoms. The van der Waals surface area contributed by atoms with Crippen LogP contribution in [0.2, 0.25) is 5.02 Å². The average molecular weight is 385 g/mol. The Hall–Kier alpha value is -2.33. The first kappa shape index (κ1) is 19.4. The Morgan fingerprint density at radius 1 is 1.15 bits per heavy atom. The monoisotopic (exact) mass is 384 g/mol. The summed E-state index contributed by atoms with van der Waals surface area (Å²) in [6.45, 7) is 6.02. The highest BCUT2D eigenvalue weighted by atomic mass is 35.5. The van der Waals surface area contributed by atoms with Crippen LogP contribution in [0.4, 0.5) is 5.69 Å². The molecule has 4 nitrogen and oxygen atoms in total. The topological polar surface area (TPSA) is 49.4 Å². The molecule has 142 valence electrons. The Morgan fingerprint density at radius 2 is 1.78 bits per heavy atom. The number of anilines is 1. The number of carbonyl (C=O) groups excluding carboxylic acids is 2. The van der Waals surface area contributed by atoms with Gasteiger partial charge in [-0.25, -0.2) is 0 Å². The lowest BCUT2D eigenvalue weighted by atomic mass is 10.1. The van der Waals surface area contributed by atoms with Crippen LogP contribution in [0.15, 0.2) is 36.4 Å². The van der Waals surface area contributed by atoms with Gasteiger partial charge in [0.25, 0.3) is 0 Å². The smallest absolute Gasteiger partial charge is 0.243 e. The van der Waals surface area contributed by atoms with Gasteiger partial charge in [0.05, 0.1) is 6.54 Å². The molecule has 0 aromatic heterocycles. The molecule has 0 spiro atoms. The Morgan fingerprint density at radius 3 is 2.41 bits per heavy atom. The van der Waals surface area contributed by atoms with E-state index < -0.39 is 0 Å². The quantitative estimate of drug-likeness (QED) is 0.827. The summed E-state index contributed by atoms with van der Waals surface area (Å²) in [5, 5.41) is 3.65. The molecule has 2 amide bonds. The third kappa shape index (κ3) is 4.33. The number of carbonyl (C=O) groups is 2. The molecule has 1 N–H and O–H groups in total. The van der Waals surface area contributed by atoms with Crippen molar-refractivity contribution >= 4 is 29.1 Å². The Bertz CT molecular complexity index is 871. The molecule has 1 aliphatic carbocycles. The van der Waals surface area contributed by atoms with E-state index in [1.807, 2.05) is 57.2 Å². The minimum atomic E-state index is -0.184. The number of nitrogens with zero attached hydrogens (tertiary/aromatic N) is 1. The second kappa shape index (κ2) is 7.73. The molecule has 2 aromatic carbocycles. The van der Waals surface area contributed by atoms with Crippen LogP contribution in [0.1, 0.15) is 34.6 Å². The van der Waals surface area contributed by atoms with Crippen LogP contribution in [-0.4, -0.2) is 30.3 Å². The number of amides is 2. The largest absolute Gasteiger partial charge is 0.336 e. The third-order valence-corrected chi connectivity index (χ3v) is 5.45. The predicted octanol–water partition coefficient (Wildman–Crippen LogP) is 4.47. The van der Waals surface area contributed by atoms with Crippen molar-refractivity contribution in [3.8, 4) is 0 Å². The summed E-state index contributed by atoms with van der Waals surface area (Å²) in [4.78, 5) is 26.6. The van der Waals surface area contributed by atoms with Crippen molar-refractivity contribution in [1.29, 1.82) is 0 Å². The lowest BCUT2D eigenvalue weighted by Crippen LogP contribution is -2.36. The summed E-state index contributed by atoms with van der Waals surface area (Å²) >= 11 is 6.24. The van der Waals surface area contributed by atoms with Crippen LogP contribution in [0.3, 0.4) is 0 Å². The van der Waals surface area contributed by atoms with Crippen molar-refractivity contribution in [2.45, 2.75) is 33.1 Å². The maximum atomic E-state index is 12.7. The molecule has 0 heterocycles. The standard InChI is InChI=1S/C22H25ClN2O2/c1-13-9-14(2)21(15(3)10-13)24-20(26)12-25(4)22(27)18-11-17(18)16-7-5-6-8-19(16)23/h5-10,17-18H,11-12H2,1-4H3,(H,24,26). The molecule has 0 saturated heterocycles. The number of aryl methyl sites for hydroxylation is 3. The van der Waals surface area contributed by atoms with Crippen LogP contribution in [0.25, 0.3) is 0 Å². The Kier molecular flexibility index (Phi) is 5.56. The van der Waals surface area contributed by atoms with E-state index in [1.54, 1.807) is 7.05 Å². The molecular formula is C22H25ClN2O2. The maximum Gasteiger partial charge on any atom is 0.243 e. The fraction of sp³-hybridized carbons (Fsp3) is 0.364. The van der Waals surface area contributed by atoms with E-state index in [0.717, 1.165) is 34.4 Å². The van der Waals surface area contributed by atoms with Crippen molar-refractivity contribution < 1.29 is 9.59 Å². The normalized spacial score (nSPS) is 18.1. The maximum absolute atomic E-state index is 12.7. The molecule has 2 unspecified atom stereocenters. The average Bonchev–Trinajstić information content (AvgIpc) is 3.38. The van der Waals surface area contributed by atoms with Gasteiger partial charge < -0.3 is 10.2 Å². The van der Waals surface area contributed by atoms with Gasteiger partial charge in [0, 0.05) is 23.7 Å². The number of hydrogen-bond acceptors (Lipinski definition) is 2. The zero-order chi connectivity index (χ0) is 19.7. The second-order valence-corrected chi connectivity index (χ2v) is 7.89. The van der Waals surface area contributed by atoms with Crippen molar-refractivity contribution in [1.82, 2.24) is 4.90 Å². The van der Waals surface area contributed by atoms with E-state index in [1.165, 1.54) is 4.90 Å². The van der Waals surface area contributed by atoms with Gasteiger partial charge in [-0.2, -0.15) is 0 Å². The first-order valence-electron chi connectivity index (χ1n) is 9.15. The molecule has 27 heavy (non-hydrogen) atoms. The van der Waals surface area contributed by atoms with Crippen LogP contribution in [0.5, 0.6) is 0 Å². The van der Waals surface area contributed by atoms with Gasteiger partial charge in [0.1, 0.15) is 0 Å². The van der Waals surface area contributed by atoms with Gasteiger partial charge in [-0.15, -0.1) is 0 Å². The van der Waals surface area contributed by atoms with Gasteiger partial charge in [-0.3, -0.25) is 9.59 Å². The zero-order valence-electron chi connectivity index (χ0n) is 16.2. The van der Waals surface area contributed by atoms with Crippen LogP contribution in [-0.2, 0) is 9.59 Å². The Balaban J connectivity index is 1.59. The number of nitrogens with one attached hydrogen (secondary N) is 1. The highest BCUT2D eigenvalue weighted by Crippen LogP contribution is 2.50. The van der Waals surface area contributed by atoms with Gasteiger partial charge >= 0.3 is 0 Å². The third-order valence-electron chi connectivity index (χ3n) is 5.11. The molecule has 3 rings (SSSR count). The molecule has 5 heteroatoms. The molecule has 1 saturated carbocycles. The SMILES string of the molecule is Cc1cc(C)c(NC(=O)CN(C)C(=O)C2CC2c2ccccc2Cl)c(C)c1. The number of likely N-dealkylation sites (N-methyl/N-ethyl adjacent to an activating group) is 1. The van der Waals surface area contributed by atoms with Crippen molar-refractivity contribution in [2.24, 2.45) is 5.92 Å². The van der Waals surface area contributed by atoms with E-state index in [2.05, 4.69) is 5.32 Å². The van der Waals surface area contributed by atoms with Crippen LogP contribution >= 0.6 is 11.6 Å². The van der Waals surface area contributed by atoms with Crippen LogP contribution < -0.4 is 5.32 Å². The summed E-state index contributed by atoms with van der Waals surface area (Å²) in [6, 6.07) is 11.7. The first-order valence-corrected chi connectivity index (χ1v) is 9.53. The number of hydrogen-bond donors (Lipinski definition) is 1. The summed E-state index contributed by atoms with van der Waals surface area (Å²) < 4.78 is 0. The van der Waals surface area contributed by atoms with E-state index in [-0.39, 0.29) is 30.2 Å². The van der Waals surface area contributed by atoms with Crippen molar-refractivity contribution in [3.05, 3.63) is 63.7 Å². The van der Waals surface area contributed by atoms with Gasteiger partial charge in [-0.1, -0.05) is 47.5 Å². The predicted molar refractivity (Wildman–Crippen MR) is 109 cm³/mol. The summed E-state index contributed by atoms with van der Waals surface area (Å²) in [5.74, 6) is -0.132. The van der Waals surface area contributed by atoms with Gasteiger partial charge in [-0.05, 0) is 55.9 Å². The molecule has 0 aliphatic heterocycles. The summed E-state index contributed by atoms with van der Waals surface area (Å²) in [6.07, 6.45) is 0.782. The highest BCUT2D eigenvalue weighted by Gasteiger charge is 2.46. The van der Waals surface area contributed by atoms with Crippen LogP contribution in [0, 0.1) is 26.7 Å². The fourth-order valence-corrected chi connectivity index (χ4v) is 4.00. The molecule has 1 fully saturated rings. The lowest BCUT2D eigenvalue weighted by molar-refractivity contribution is -0.134. The molecule has 2 atom stereocenters. The molecule has 2 aromatic rings. The summed E-state index contributed by atoms with van der Waals surface area (Å²) in [7, 11) is 1.68. The minimum absolute atomic E-state index is 0.00702. The van der Waals surface area contributed by atoms with E-state index in [9.17, 15) is 9.59 Å². The first-order chi connectivity index (χ1) is 12.8. The number of benzene rings is 2. The Labute approximate surface area is 165 Å². The minimum Gasteiger partial charge on any atom is -0.336 e. The lowest BCUT2D eigenvalue weighted by Gasteiger charge is -2.19. The van der Waals surface area contributed by atoms with E-state index >= 15 is 0 Å². The molecule has 1 aliphatic rings. The van der Waals surface area contributed by atoms with E-state index in [4.69, 9.17) is 11.6 Å². The van der Waals surface area contributed by atoms with Gasteiger partial charge in [0.15, 0.2) is 0 Å². The van der Waals surface area contributed by atoms with E-state index in [0.29, 0.717) is 5.02 Å². The molecular weight excluding hydrogens is 360 g/mol.